The molecule has 0 radical (unpaired) electrons. The van der Waals surface area contributed by atoms with Gasteiger partial charge in [0.15, 0.2) is 0 Å². The van der Waals surface area contributed by atoms with E-state index in [9.17, 15) is 5.11 Å². The molecule has 1 aromatic carbocycles. The fraction of sp³-hybridized carbons (Fsp3) is 0.267. The molecular weight excluding hydrogens is 240 g/mol. The molecule has 0 aliphatic heterocycles. The third kappa shape index (κ3) is 3.10. The van der Waals surface area contributed by atoms with Gasteiger partial charge in [-0.3, -0.25) is 0 Å². The van der Waals surface area contributed by atoms with Gasteiger partial charge < -0.3 is 15.6 Å². The van der Waals surface area contributed by atoms with E-state index in [2.05, 4.69) is 4.98 Å². The number of anilines is 1. The number of pyridine rings is 1. The predicted octanol–water partition coefficient (Wildman–Crippen LogP) is 2.47. The molecule has 2 rings (SSSR count). The number of hydrogen-bond acceptors (Lipinski definition) is 4. The van der Waals surface area contributed by atoms with E-state index in [4.69, 9.17) is 10.5 Å². The summed E-state index contributed by atoms with van der Waals surface area (Å²) in [5, 5.41) is 10.5. The topological polar surface area (TPSA) is 68.4 Å². The predicted molar refractivity (Wildman–Crippen MR) is 74.4 cm³/mol. The molecule has 3 N–H and O–H groups in total. The molecule has 0 aliphatic rings. The van der Waals surface area contributed by atoms with Crippen molar-refractivity contribution < 1.29 is 9.84 Å². The van der Waals surface area contributed by atoms with Crippen LogP contribution >= 0.6 is 0 Å². The zero-order valence-corrected chi connectivity index (χ0v) is 10.9. The maximum absolute atomic E-state index is 10.5. The highest BCUT2D eigenvalue weighted by atomic mass is 16.5. The Morgan fingerprint density at radius 2 is 1.95 bits per heavy atom. The molecule has 4 heteroatoms. The summed E-state index contributed by atoms with van der Waals surface area (Å²) in [6.45, 7) is 2.41. The summed E-state index contributed by atoms with van der Waals surface area (Å²) < 4.78 is 5.67. The van der Waals surface area contributed by atoms with E-state index in [1.165, 1.54) is 0 Å². The minimum atomic E-state index is -0.837. The minimum absolute atomic E-state index is 0.329. The Labute approximate surface area is 112 Å². The lowest BCUT2D eigenvalue weighted by Gasteiger charge is -2.24. The quantitative estimate of drug-likeness (QED) is 0.864. The third-order valence-electron chi connectivity index (χ3n) is 2.95. The van der Waals surface area contributed by atoms with Gasteiger partial charge in [-0.15, -0.1) is 0 Å². The van der Waals surface area contributed by atoms with Crippen molar-refractivity contribution in [2.24, 2.45) is 0 Å². The molecule has 1 heterocycles. The van der Waals surface area contributed by atoms with Crippen LogP contribution in [-0.2, 0) is 4.74 Å². The lowest BCUT2D eigenvalue weighted by atomic mass is 9.98. The van der Waals surface area contributed by atoms with Crippen LogP contribution in [0.1, 0.15) is 30.3 Å². The smallest absolute Gasteiger partial charge is 0.129 e. The molecular formula is C15H18N2O2. The molecule has 0 saturated heterocycles. The highest BCUT2D eigenvalue weighted by molar-refractivity contribution is 5.41. The first-order valence-corrected chi connectivity index (χ1v) is 6.29. The van der Waals surface area contributed by atoms with Crippen molar-refractivity contribution in [2.75, 3.05) is 12.3 Å². The van der Waals surface area contributed by atoms with Crippen LogP contribution in [0.3, 0.4) is 0 Å². The van der Waals surface area contributed by atoms with Crippen molar-refractivity contribution >= 4 is 5.82 Å². The average Bonchev–Trinajstić information content (AvgIpc) is 2.45. The summed E-state index contributed by atoms with van der Waals surface area (Å²) in [6, 6.07) is 13.1. The van der Waals surface area contributed by atoms with Crippen molar-refractivity contribution in [3.63, 3.8) is 0 Å². The maximum Gasteiger partial charge on any atom is 0.129 e. The van der Waals surface area contributed by atoms with Crippen molar-refractivity contribution in [1.82, 2.24) is 4.98 Å². The Hall–Kier alpha value is -1.91. The Kier molecular flexibility index (Phi) is 4.49. The van der Waals surface area contributed by atoms with Crippen LogP contribution < -0.4 is 5.73 Å². The van der Waals surface area contributed by atoms with Gasteiger partial charge in [0.25, 0.3) is 0 Å². The highest BCUT2D eigenvalue weighted by Gasteiger charge is 2.24. The zero-order chi connectivity index (χ0) is 13.7. The second-order valence-electron chi connectivity index (χ2n) is 4.21. The molecule has 2 atom stereocenters. The second-order valence-corrected chi connectivity index (χ2v) is 4.21. The van der Waals surface area contributed by atoms with E-state index >= 15 is 0 Å². The Bertz CT molecular complexity index is 517. The summed E-state index contributed by atoms with van der Waals surface area (Å²) in [7, 11) is 0. The fourth-order valence-electron chi connectivity index (χ4n) is 2.04. The van der Waals surface area contributed by atoms with Gasteiger partial charge in [0.05, 0.1) is 0 Å². The van der Waals surface area contributed by atoms with Gasteiger partial charge in [-0.25, -0.2) is 4.98 Å². The minimum Gasteiger partial charge on any atom is -0.385 e. The number of nitrogens with zero attached hydrogens (tertiary/aromatic N) is 1. The molecule has 1 aromatic heterocycles. The number of rotatable bonds is 5. The number of benzene rings is 1. The monoisotopic (exact) mass is 258 g/mol. The molecule has 0 amide bonds. The molecule has 4 nitrogen and oxygen atoms in total. The number of nitrogen functional groups attached to an aromatic ring is 1. The normalized spacial score (nSPS) is 14.0. The Balaban J connectivity index is 2.32. The molecule has 100 valence electrons. The lowest BCUT2D eigenvalue weighted by molar-refractivity contribution is -0.0359. The standard InChI is InChI=1S/C15H18N2O2/c1-2-19-14(11-7-4-3-5-8-11)13(18)12-9-6-10-17-15(12)16/h3-10,13-14,18H,2H2,1H3,(H2,16,17). The SMILES string of the molecule is CCOC(c1ccccc1)C(O)c1cccnc1N. The van der Waals surface area contributed by atoms with Gasteiger partial charge in [0.2, 0.25) is 0 Å². The molecule has 19 heavy (non-hydrogen) atoms. The van der Waals surface area contributed by atoms with Crippen LogP contribution in [0.25, 0.3) is 0 Å². The van der Waals surface area contributed by atoms with Crippen LogP contribution in [0, 0.1) is 0 Å². The number of nitrogens with two attached hydrogens (primary N) is 1. The van der Waals surface area contributed by atoms with Crippen molar-refractivity contribution in [2.45, 2.75) is 19.1 Å². The van der Waals surface area contributed by atoms with Gasteiger partial charge in [-0.05, 0) is 18.6 Å². The molecule has 0 saturated carbocycles. The van der Waals surface area contributed by atoms with E-state index < -0.39 is 12.2 Å². The molecule has 2 aromatic rings. The van der Waals surface area contributed by atoms with Crippen molar-refractivity contribution in [3.8, 4) is 0 Å². The van der Waals surface area contributed by atoms with E-state index in [-0.39, 0.29) is 0 Å². The summed E-state index contributed by atoms with van der Waals surface area (Å²) in [4.78, 5) is 4.00. The largest absolute Gasteiger partial charge is 0.385 e. The third-order valence-corrected chi connectivity index (χ3v) is 2.95. The van der Waals surface area contributed by atoms with E-state index in [0.29, 0.717) is 18.0 Å². The number of hydrogen-bond donors (Lipinski definition) is 2. The zero-order valence-electron chi connectivity index (χ0n) is 10.9. The van der Waals surface area contributed by atoms with Crippen LogP contribution in [0.2, 0.25) is 0 Å². The van der Waals surface area contributed by atoms with E-state index in [0.717, 1.165) is 5.56 Å². The van der Waals surface area contributed by atoms with Crippen molar-refractivity contribution in [3.05, 3.63) is 59.8 Å². The highest BCUT2D eigenvalue weighted by Crippen LogP contribution is 2.33. The fourth-order valence-corrected chi connectivity index (χ4v) is 2.04. The molecule has 2 unspecified atom stereocenters. The lowest BCUT2D eigenvalue weighted by Crippen LogP contribution is -2.16. The Morgan fingerprint density at radius 1 is 1.21 bits per heavy atom. The molecule has 0 spiro atoms. The van der Waals surface area contributed by atoms with Crippen LogP contribution in [0.4, 0.5) is 5.82 Å². The number of aromatic nitrogens is 1. The van der Waals surface area contributed by atoms with E-state index in [1.807, 2.05) is 37.3 Å². The van der Waals surface area contributed by atoms with Gasteiger partial charge >= 0.3 is 0 Å². The van der Waals surface area contributed by atoms with Crippen LogP contribution in [0.5, 0.6) is 0 Å². The maximum atomic E-state index is 10.5. The first-order chi connectivity index (χ1) is 9.24. The molecule has 0 aliphatic carbocycles. The first kappa shape index (κ1) is 13.5. The van der Waals surface area contributed by atoms with Gasteiger partial charge in [-0.1, -0.05) is 36.4 Å². The van der Waals surface area contributed by atoms with Gasteiger partial charge in [0, 0.05) is 18.4 Å². The van der Waals surface area contributed by atoms with Crippen LogP contribution in [0.15, 0.2) is 48.7 Å². The number of aliphatic hydroxyl groups excluding tert-OH is 1. The number of ether oxygens (including phenoxy) is 1. The summed E-state index contributed by atoms with van der Waals surface area (Å²) in [6.07, 6.45) is 0.317. The molecule has 0 bridgehead atoms. The van der Waals surface area contributed by atoms with Gasteiger partial charge in [-0.2, -0.15) is 0 Å². The summed E-state index contributed by atoms with van der Waals surface area (Å²) in [5.74, 6) is 0.329. The second kappa shape index (κ2) is 6.31. The van der Waals surface area contributed by atoms with Crippen LogP contribution in [-0.4, -0.2) is 16.7 Å². The Morgan fingerprint density at radius 3 is 2.58 bits per heavy atom. The van der Waals surface area contributed by atoms with Crippen molar-refractivity contribution in [1.29, 1.82) is 0 Å². The van der Waals surface area contributed by atoms with Gasteiger partial charge in [0.1, 0.15) is 18.0 Å². The first-order valence-electron chi connectivity index (χ1n) is 6.29. The summed E-state index contributed by atoms with van der Waals surface area (Å²) in [5.41, 5.74) is 7.31. The average molecular weight is 258 g/mol. The summed E-state index contributed by atoms with van der Waals surface area (Å²) >= 11 is 0. The number of aliphatic hydroxyl groups is 1. The molecule has 0 fully saturated rings. The van der Waals surface area contributed by atoms with E-state index in [1.54, 1.807) is 18.3 Å².